The Kier molecular flexibility index (Phi) is 5.51. The molecule has 4 aliphatic rings. The fourth-order valence-corrected chi connectivity index (χ4v) is 6.91. The van der Waals surface area contributed by atoms with Crippen LogP contribution in [0.25, 0.3) is 11.4 Å². The van der Waals surface area contributed by atoms with Crippen LogP contribution in [0.2, 0.25) is 0 Å². The molecule has 4 bridgehead atoms. The van der Waals surface area contributed by atoms with Crippen LogP contribution in [-0.2, 0) is 11.2 Å². The average Bonchev–Trinajstić information content (AvgIpc) is 3.15. The van der Waals surface area contributed by atoms with Crippen molar-refractivity contribution in [1.29, 1.82) is 0 Å². The second kappa shape index (κ2) is 8.34. The Morgan fingerprint density at radius 3 is 2.41 bits per heavy atom. The Morgan fingerprint density at radius 1 is 1.12 bits per heavy atom. The molecule has 32 heavy (non-hydrogen) atoms. The van der Waals surface area contributed by atoms with Gasteiger partial charge in [0.25, 0.3) is 5.91 Å². The maximum absolute atomic E-state index is 14.4. The molecule has 7 heteroatoms. The van der Waals surface area contributed by atoms with E-state index in [1.165, 1.54) is 44.6 Å². The van der Waals surface area contributed by atoms with E-state index in [2.05, 4.69) is 15.3 Å². The molecule has 4 fully saturated rings. The largest absolute Gasteiger partial charge is 0.481 e. The number of aromatic nitrogens is 2. The molecule has 0 atom stereocenters. The van der Waals surface area contributed by atoms with Crippen LogP contribution in [0.5, 0.6) is 0 Å². The lowest BCUT2D eigenvalue weighted by Crippen LogP contribution is -2.46. The van der Waals surface area contributed by atoms with Crippen molar-refractivity contribution in [3.63, 3.8) is 0 Å². The summed E-state index contributed by atoms with van der Waals surface area (Å²) in [5.74, 6) is 1.13. The van der Waals surface area contributed by atoms with E-state index in [0.29, 0.717) is 28.9 Å². The topological polar surface area (TPSA) is 95.1 Å². The number of amides is 1. The molecule has 1 aromatic heterocycles. The van der Waals surface area contributed by atoms with Crippen LogP contribution in [0.4, 0.5) is 4.39 Å². The van der Waals surface area contributed by atoms with Crippen LogP contribution in [0.15, 0.2) is 24.3 Å². The monoisotopic (exact) mass is 439 g/mol. The van der Waals surface area contributed by atoms with Gasteiger partial charge < -0.3 is 15.4 Å². The van der Waals surface area contributed by atoms with Crippen molar-refractivity contribution in [2.75, 3.05) is 6.54 Å². The zero-order valence-electron chi connectivity index (χ0n) is 18.2. The minimum atomic E-state index is -0.971. The lowest BCUT2D eigenvalue weighted by Gasteiger charge is -2.57. The number of hydrogen-bond acceptors (Lipinski definition) is 3. The number of imidazole rings is 1. The first-order valence-corrected chi connectivity index (χ1v) is 11.7. The number of carbonyl (C=O) groups excluding carboxylic acids is 1. The third-order valence-corrected chi connectivity index (χ3v) is 7.82. The summed E-state index contributed by atoms with van der Waals surface area (Å²) >= 11 is 0. The number of nitrogens with zero attached hydrogens (tertiary/aromatic N) is 1. The molecule has 4 saturated carbocycles. The Balaban J connectivity index is 1.38. The molecule has 2 aromatic rings. The number of aromatic amines is 1. The molecule has 4 aliphatic carbocycles. The highest BCUT2D eigenvalue weighted by Crippen LogP contribution is 2.61. The van der Waals surface area contributed by atoms with Gasteiger partial charge in [-0.05, 0) is 86.7 Å². The quantitative estimate of drug-likeness (QED) is 0.562. The van der Waals surface area contributed by atoms with E-state index in [-0.39, 0.29) is 18.7 Å². The van der Waals surface area contributed by atoms with Crippen molar-refractivity contribution in [2.24, 2.45) is 23.2 Å². The van der Waals surface area contributed by atoms with E-state index in [1.54, 1.807) is 18.2 Å². The zero-order valence-corrected chi connectivity index (χ0v) is 18.2. The summed E-state index contributed by atoms with van der Waals surface area (Å²) < 4.78 is 14.4. The highest BCUT2D eigenvalue weighted by atomic mass is 19.1. The number of carbonyl (C=O) groups is 2. The lowest BCUT2D eigenvalue weighted by molar-refractivity contribution is -0.136. The summed E-state index contributed by atoms with van der Waals surface area (Å²) in [6.07, 6.45) is 9.56. The van der Waals surface area contributed by atoms with Gasteiger partial charge in [0.15, 0.2) is 0 Å². The van der Waals surface area contributed by atoms with Crippen molar-refractivity contribution >= 4 is 11.9 Å². The molecule has 0 spiro atoms. The second-order valence-corrected chi connectivity index (χ2v) is 10.2. The minimum absolute atomic E-state index is 0.0322. The summed E-state index contributed by atoms with van der Waals surface area (Å²) in [5, 5.41) is 11.5. The molecule has 3 N–H and O–H groups in total. The summed E-state index contributed by atoms with van der Waals surface area (Å²) in [5.41, 5.74) is 1.65. The van der Waals surface area contributed by atoms with Crippen LogP contribution in [-0.4, -0.2) is 33.5 Å². The second-order valence-electron chi connectivity index (χ2n) is 10.2. The molecule has 0 unspecified atom stereocenters. The number of H-pyrrole nitrogens is 1. The molecule has 0 radical (unpaired) electrons. The lowest BCUT2D eigenvalue weighted by atomic mass is 9.48. The number of aliphatic carboxylic acids is 1. The van der Waals surface area contributed by atoms with Crippen LogP contribution in [0.1, 0.15) is 67.5 Å². The van der Waals surface area contributed by atoms with Crippen molar-refractivity contribution in [2.45, 2.75) is 57.8 Å². The first-order valence-electron chi connectivity index (χ1n) is 11.7. The zero-order chi connectivity index (χ0) is 22.3. The van der Waals surface area contributed by atoms with Gasteiger partial charge in [0.1, 0.15) is 17.3 Å². The van der Waals surface area contributed by atoms with Crippen molar-refractivity contribution in [1.82, 2.24) is 15.3 Å². The van der Waals surface area contributed by atoms with Gasteiger partial charge in [0, 0.05) is 12.2 Å². The fraction of sp³-hybridized carbons (Fsp3) is 0.560. The van der Waals surface area contributed by atoms with Crippen LogP contribution >= 0.6 is 0 Å². The van der Waals surface area contributed by atoms with Gasteiger partial charge in [-0.2, -0.15) is 0 Å². The molecule has 1 heterocycles. The van der Waals surface area contributed by atoms with E-state index in [1.807, 2.05) is 0 Å². The van der Waals surface area contributed by atoms with Gasteiger partial charge in [0.2, 0.25) is 0 Å². The van der Waals surface area contributed by atoms with E-state index in [4.69, 9.17) is 5.11 Å². The Labute approximate surface area is 187 Å². The molecule has 6 rings (SSSR count). The fourth-order valence-electron chi connectivity index (χ4n) is 6.91. The highest BCUT2D eigenvalue weighted by molar-refractivity contribution is 5.94. The first-order chi connectivity index (χ1) is 15.4. The number of benzene rings is 1. The molecule has 6 nitrogen and oxygen atoms in total. The maximum atomic E-state index is 14.4. The normalized spacial score (nSPS) is 28.1. The van der Waals surface area contributed by atoms with E-state index >= 15 is 0 Å². The molecule has 1 aromatic carbocycles. The molecule has 0 saturated heterocycles. The number of rotatable bonds is 8. The summed E-state index contributed by atoms with van der Waals surface area (Å²) in [6.45, 7) is 0.0322. The van der Waals surface area contributed by atoms with Crippen molar-refractivity contribution in [3.8, 4) is 11.4 Å². The van der Waals surface area contributed by atoms with Gasteiger partial charge in [-0.3, -0.25) is 9.59 Å². The SMILES string of the molecule is O=C(O)CCNC(=O)c1nc(-c2ccccc2F)[nH]c1CCC12CC3CC(CC(C3)C1)C2. The van der Waals surface area contributed by atoms with Gasteiger partial charge in [0.05, 0.1) is 12.0 Å². The van der Waals surface area contributed by atoms with Crippen molar-refractivity contribution < 1.29 is 19.1 Å². The van der Waals surface area contributed by atoms with Gasteiger partial charge >= 0.3 is 5.97 Å². The number of aryl methyl sites for hydroxylation is 1. The predicted octanol–water partition coefficient (Wildman–Crippen LogP) is 4.57. The molecule has 0 aliphatic heterocycles. The maximum Gasteiger partial charge on any atom is 0.305 e. The molecular formula is C25H30FN3O3. The van der Waals surface area contributed by atoms with Gasteiger partial charge in [-0.25, -0.2) is 9.37 Å². The first kappa shape index (κ1) is 21.2. The van der Waals surface area contributed by atoms with Gasteiger partial charge in [-0.1, -0.05) is 12.1 Å². The number of hydrogen-bond donors (Lipinski definition) is 3. The standard InChI is InChI=1S/C25H30FN3O3/c26-19-4-2-1-3-18(19)23-28-20(22(29-23)24(32)27-8-6-21(30)31)5-7-25-12-15-9-16(13-25)11-17(10-15)14-25/h1-4,15-17H,5-14H2,(H,27,32)(H,28,29)(H,30,31). The Hall–Kier alpha value is -2.70. The third kappa shape index (κ3) is 4.17. The smallest absolute Gasteiger partial charge is 0.305 e. The molecule has 170 valence electrons. The highest BCUT2D eigenvalue weighted by Gasteiger charge is 2.50. The van der Waals surface area contributed by atoms with Crippen molar-refractivity contribution in [3.05, 3.63) is 41.5 Å². The molecular weight excluding hydrogens is 409 g/mol. The van der Waals surface area contributed by atoms with Crippen LogP contribution in [0.3, 0.4) is 0 Å². The van der Waals surface area contributed by atoms with Crippen LogP contribution < -0.4 is 5.32 Å². The third-order valence-electron chi connectivity index (χ3n) is 7.82. The van der Waals surface area contributed by atoms with Gasteiger partial charge in [-0.15, -0.1) is 0 Å². The number of carboxylic acid groups (broad SMARTS) is 1. The Bertz CT molecular complexity index is 996. The van der Waals surface area contributed by atoms with E-state index in [0.717, 1.165) is 24.2 Å². The number of halogens is 1. The van der Waals surface area contributed by atoms with E-state index < -0.39 is 17.7 Å². The summed E-state index contributed by atoms with van der Waals surface area (Å²) in [4.78, 5) is 31.3. The molecule has 1 amide bonds. The van der Waals surface area contributed by atoms with E-state index in [9.17, 15) is 14.0 Å². The Morgan fingerprint density at radius 2 is 1.78 bits per heavy atom. The summed E-state index contributed by atoms with van der Waals surface area (Å²) in [7, 11) is 0. The predicted molar refractivity (Wildman–Crippen MR) is 117 cm³/mol. The number of carboxylic acids is 1. The van der Waals surface area contributed by atoms with Crippen LogP contribution in [0, 0.1) is 29.0 Å². The summed E-state index contributed by atoms with van der Waals surface area (Å²) in [6, 6.07) is 6.38. The number of nitrogens with one attached hydrogen (secondary N) is 2. The minimum Gasteiger partial charge on any atom is -0.481 e. The average molecular weight is 440 g/mol.